The molecule has 0 saturated heterocycles. The van der Waals surface area contributed by atoms with Gasteiger partial charge >= 0.3 is 5.97 Å². The van der Waals surface area contributed by atoms with Crippen molar-refractivity contribution in [1.29, 1.82) is 0 Å². The van der Waals surface area contributed by atoms with Crippen molar-refractivity contribution in [3.8, 4) is 0 Å². The van der Waals surface area contributed by atoms with E-state index >= 15 is 0 Å². The molecule has 2 nitrogen and oxygen atoms in total. The summed E-state index contributed by atoms with van der Waals surface area (Å²) in [4.78, 5) is 12.4. The first-order chi connectivity index (χ1) is 11.3. The molecular formula is C21H16O2. The van der Waals surface area contributed by atoms with Crippen LogP contribution in [0.25, 0.3) is 32.3 Å². The Balaban J connectivity index is 2.26. The van der Waals surface area contributed by atoms with Crippen molar-refractivity contribution in [3.63, 3.8) is 0 Å². The molecule has 0 aliphatic heterocycles. The molecule has 2 heteroatoms. The Hall–Kier alpha value is -2.87. The Morgan fingerprint density at radius 3 is 1.78 bits per heavy atom. The Morgan fingerprint density at radius 2 is 1.22 bits per heavy atom. The number of ether oxygens (including phenoxy) is 1. The number of carbonyl (C=O) groups excluding carboxylic acids is 1. The van der Waals surface area contributed by atoms with Crippen LogP contribution >= 0.6 is 0 Å². The quantitative estimate of drug-likeness (QED) is 0.370. The highest BCUT2D eigenvalue weighted by Gasteiger charge is 2.15. The number of fused-ring (bicyclic) bond motifs is 6. The van der Waals surface area contributed by atoms with E-state index in [1.165, 1.54) is 5.39 Å². The lowest BCUT2D eigenvalue weighted by Gasteiger charge is -2.13. The fourth-order valence-corrected chi connectivity index (χ4v) is 3.33. The minimum atomic E-state index is -0.265. The van der Waals surface area contributed by atoms with E-state index in [0.29, 0.717) is 12.2 Å². The minimum absolute atomic E-state index is 0.265. The third kappa shape index (κ3) is 2.07. The molecule has 112 valence electrons. The van der Waals surface area contributed by atoms with Gasteiger partial charge in [0.2, 0.25) is 0 Å². The number of benzene rings is 4. The first kappa shape index (κ1) is 13.8. The predicted molar refractivity (Wildman–Crippen MR) is 94.9 cm³/mol. The monoisotopic (exact) mass is 300 g/mol. The van der Waals surface area contributed by atoms with Crippen molar-refractivity contribution in [3.05, 3.63) is 72.3 Å². The summed E-state index contributed by atoms with van der Waals surface area (Å²) in [6.07, 6.45) is 0. The lowest BCUT2D eigenvalue weighted by molar-refractivity contribution is 0.0529. The predicted octanol–water partition coefficient (Wildman–Crippen LogP) is 5.32. The molecule has 4 rings (SSSR count). The van der Waals surface area contributed by atoms with E-state index in [-0.39, 0.29) is 5.97 Å². The number of esters is 1. The van der Waals surface area contributed by atoms with Crippen LogP contribution in [0.3, 0.4) is 0 Å². The summed E-state index contributed by atoms with van der Waals surface area (Å²) < 4.78 is 5.26. The van der Waals surface area contributed by atoms with Gasteiger partial charge in [-0.2, -0.15) is 0 Å². The molecule has 0 aliphatic carbocycles. The Bertz CT molecular complexity index is 1000. The minimum Gasteiger partial charge on any atom is -0.462 e. The van der Waals surface area contributed by atoms with Gasteiger partial charge in [0.1, 0.15) is 0 Å². The third-order valence-corrected chi connectivity index (χ3v) is 4.26. The largest absolute Gasteiger partial charge is 0.462 e. The molecule has 0 aromatic heterocycles. The Labute approximate surface area is 134 Å². The average molecular weight is 300 g/mol. The van der Waals surface area contributed by atoms with Crippen molar-refractivity contribution in [1.82, 2.24) is 0 Å². The van der Waals surface area contributed by atoms with Crippen LogP contribution in [-0.4, -0.2) is 12.6 Å². The summed E-state index contributed by atoms with van der Waals surface area (Å²) in [5, 5.41) is 6.67. The molecule has 0 bridgehead atoms. The van der Waals surface area contributed by atoms with Gasteiger partial charge in [-0.1, -0.05) is 60.7 Å². The van der Waals surface area contributed by atoms with Gasteiger partial charge in [0.15, 0.2) is 0 Å². The summed E-state index contributed by atoms with van der Waals surface area (Å²) in [5.41, 5.74) is 0.631. The maximum absolute atomic E-state index is 12.4. The molecule has 23 heavy (non-hydrogen) atoms. The second kappa shape index (κ2) is 5.40. The van der Waals surface area contributed by atoms with Gasteiger partial charge < -0.3 is 4.74 Å². The maximum Gasteiger partial charge on any atom is 0.338 e. The van der Waals surface area contributed by atoms with Gasteiger partial charge in [-0.3, -0.25) is 0 Å². The summed E-state index contributed by atoms with van der Waals surface area (Å²) in [6, 6.07) is 22.4. The highest BCUT2D eigenvalue weighted by Crippen LogP contribution is 2.36. The SMILES string of the molecule is CCOC(=O)c1cccc2c3ccccc3c3ccccc3c12. The fraction of sp³-hybridized carbons (Fsp3) is 0.0952. The van der Waals surface area contributed by atoms with Gasteiger partial charge in [-0.15, -0.1) is 0 Å². The van der Waals surface area contributed by atoms with Crippen molar-refractivity contribution in [2.45, 2.75) is 6.92 Å². The lowest BCUT2D eigenvalue weighted by Crippen LogP contribution is -2.05. The summed E-state index contributed by atoms with van der Waals surface area (Å²) in [5.74, 6) is -0.265. The summed E-state index contributed by atoms with van der Waals surface area (Å²) in [7, 11) is 0. The second-order valence-electron chi connectivity index (χ2n) is 5.54. The zero-order valence-corrected chi connectivity index (χ0v) is 12.9. The maximum atomic E-state index is 12.4. The van der Waals surface area contributed by atoms with Crippen LogP contribution in [-0.2, 0) is 4.74 Å². The Kier molecular flexibility index (Phi) is 3.23. The highest BCUT2D eigenvalue weighted by molar-refractivity contribution is 6.28. The molecule has 0 atom stereocenters. The molecule has 0 radical (unpaired) electrons. The number of carbonyl (C=O) groups is 1. The first-order valence-corrected chi connectivity index (χ1v) is 7.80. The van der Waals surface area contributed by atoms with Crippen LogP contribution in [0, 0.1) is 0 Å². The molecule has 0 unspecified atom stereocenters. The molecular weight excluding hydrogens is 284 g/mol. The molecule has 4 aromatic rings. The van der Waals surface area contributed by atoms with Crippen molar-refractivity contribution >= 4 is 38.3 Å². The number of hydrogen-bond donors (Lipinski definition) is 0. The topological polar surface area (TPSA) is 26.3 Å². The lowest BCUT2D eigenvalue weighted by atomic mass is 9.92. The van der Waals surface area contributed by atoms with Crippen molar-refractivity contribution in [2.75, 3.05) is 6.61 Å². The number of rotatable bonds is 2. The normalized spacial score (nSPS) is 11.2. The molecule has 0 heterocycles. The standard InChI is InChI=1S/C21H16O2/c1-2-23-21(22)19-13-7-12-18-16-9-4-3-8-14(16)15-10-5-6-11-17(15)20(18)19/h3-13H,2H2,1H3. The third-order valence-electron chi connectivity index (χ3n) is 4.26. The van der Waals surface area contributed by atoms with E-state index in [1.807, 2.05) is 37.3 Å². The molecule has 0 N–H and O–H groups in total. The molecule has 0 fully saturated rings. The zero-order chi connectivity index (χ0) is 15.8. The van der Waals surface area contributed by atoms with Crippen LogP contribution in [0.15, 0.2) is 66.7 Å². The Morgan fingerprint density at radius 1 is 0.739 bits per heavy atom. The molecule has 0 saturated carbocycles. The first-order valence-electron chi connectivity index (χ1n) is 7.80. The summed E-state index contributed by atoms with van der Waals surface area (Å²) in [6.45, 7) is 2.21. The second-order valence-corrected chi connectivity index (χ2v) is 5.54. The van der Waals surface area contributed by atoms with Crippen LogP contribution in [0.1, 0.15) is 17.3 Å². The smallest absolute Gasteiger partial charge is 0.338 e. The highest BCUT2D eigenvalue weighted by atomic mass is 16.5. The van der Waals surface area contributed by atoms with Gasteiger partial charge in [0.25, 0.3) is 0 Å². The van der Waals surface area contributed by atoms with Crippen LogP contribution < -0.4 is 0 Å². The van der Waals surface area contributed by atoms with Crippen LogP contribution in [0.4, 0.5) is 0 Å². The van der Waals surface area contributed by atoms with E-state index < -0.39 is 0 Å². The van der Waals surface area contributed by atoms with Crippen LogP contribution in [0.5, 0.6) is 0 Å². The average Bonchev–Trinajstić information content (AvgIpc) is 2.61. The van der Waals surface area contributed by atoms with Gasteiger partial charge in [0, 0.05) is 5.39 Å². The van der Waals surface area contributed by atoms with Crippen molar-refractivity contribution < 1.29 is 9.53 Å². The van der Waals surface area contributed by atoms with Gasteiger partial charge in [-0.05, 0) is 39.9 Å². The van der Waals surface area contributed by atoms with E-state index in [9.17, 15) is 4.79 Å². The van der Waals surface area contributed by atoms with E-state index in [1.54, 1.807) is 0 Å². The molecule has 4 aromatic carbocycles. The van der Waals surface area contributed by atoms with E-state index in [4.69, 9.17) is 4.74 Å². The van der Waals surface area contributed by atoms with E-state index in [2.05, 4.69) is 36.4 Å². The fourth-order valence-electron chi connectivity index (χ4n) is 3.33. The number of hydrogen-bond acceptors (Lipinski definition) is 2. The molecule has 0 aliphatic rings. The van der Waals surface area contributed by atoms with E-state index in [0.717, 1.165) is 26.9 Å². The van der Waals surface area contributed by atoms with Crippen molar-refractivity contribution in [2.24, 2.45) is 0 Å². The summed E-state index contributed by atoms with van der Waals surface area (Å²) >= 11 is 0. The van der Waals surface area contributed by atoms with Crippen LogP contribution in [0.2, 0.25) is 0 Å². The molecule has 0 spiro atoms. The molecule has 0 amide bonds. The zero-order valence-electron chi connectivity index (χ0n) is 12.9. The van der Waals surface area contributed by atoms with Gasteiger partial charge in [0.05, 0.1) is 12.2 Å². The van der Waals surface area contributed by atoms with Gasteiger partial charge in [-0.25, -0.2) is 4.79 Å².